The van der Waals surface area contributed by atoms with E-state index in [9.17, 15) is 4.79 Å². The van der Waals surface area contributed by atoms with Crippen molar-refractivity contribution in [3.63, 3.8) is 0 Å². The van der Waals surface area contributed by atoms with Crippen molar-refractivity contribution in [3.8, 4) is 0 Å². The van der Waals surface area contributed by atoms with Gasteiger partial charge >= 0.3 is 5.97 Å². The highest BCUT2D eigenvalue weighted by atomic mass is 16.5. The van der Waals surface area contributed by atoms with Crippen molar-refractivity contribution in [2.45, 2.75) is 126 Å². The molecule has 0 radical (unpaired) electrons. The zero-order chi connectivity index (χ0) is 21.8. The quantitative estimate of drug-likeness (QED) is 0.282. The van der Waals surface area contributed by atoms with Gasteiger partial charge in [0.15, 0.2) is 0 Å². The minimum absolute atomic E-state index is 0.0157. The van der Waals surface area contributed by atoms with Crippen molar-refractivity contribution in [3.05, 3.63) is 0 Å². The van der Waals surface area contributed by atoms with Gasteiger partial charge in [-0.3, -0.25) is 4.79 Å². The Morgan fingerprint density at radius 2 is 1.68 bits per heavy atom. The molecule has 3 heteroatoms. The molecule has 3 unspecified atom stereocenters. The van der Waals surface area contributed by atoms with E-state index in [0.717, 1.165) is 25.7 Å². The third-order valence-electron chi connectivity index (χ3n) is 6.04. The number of hydrogen-bond acceptors (Lipinski definition) is 3. The minimum Gasteiger partial charge on any atom is -0.462 e. The predicted molar refractivity (Wildman–Crippen MR) is 122 cm³/mol. The molecular formula is C25H51NO2. The largest absolute Gasteiger partial charge is 0.462 e. The maximum absolute atomic E-state index is 12.4. The first-order valence-corrected chi connectivity index (χ1v) is 11.9. The Morgan fingerprint density at radius 3 is 2.18 bits per heavy atom. The Bertz CT molecular complexity index is 417. The third-order valence-corrected chi connectivity index (χ3v) is 6.04. The summed E-state index contributed by atoms with van der Waals surface area (Å²) < 4.78 is 6.10. The molecule has 3 atom stereocenters. The topological polar surface area (TPSA) is 52.3 Å². The summed E-state index contributed by atoms with van der Waals surface area (Å²) in [6.45, 7) is 19.1. The summed E-state index contributed by atoms with van der Waals surface area (Å²) in [5.74, 6) is 1.05. The first-order valence-electron chi connectivity index (χ1n) is 11.9. The van der Waals surface area contributed by atoms with E-state index in [1.165, 1.54) is 25.7 Å². The van der Waals surface area contributed by atoms with Gasteiger partial charge in [-0.2, -0.15) is 0 Å². The van der Waals surface area contributed by atoms with Gasteiger partial charge in [0, 0.05) is 6.42 Å². The molecule has 0 saturated heterocycles. The molecule has 28 heavy (non-hydrogen) atoms. The third kappa shape index (κ3) is 12.1. The summed E-state index contributed by atoms with van der Waals surface area (Å²) in [5, 5.41) is 0. The van der Waals surface area contributed by atoms with Crippen LogP contribution in [0.25, 0.3) is 0 Å². The molecule has 0 heterocycles. The van der Waals surface area contributed by atoms with Crippen molar-refractivity contribution in [1.82, 2.24) is 0 Å². The van der Waals surface area contributed by atoms with Crippen LogP contribution < -0.4 is 5.73 Å². The van der Waals surface area contributed by atoms with Crippen LogP contribution in [0.4, 0.5) is 0 Å². The Balaban J connectivity index is 5.30. The fourth-order valence-electron chi connectivity index (χ4n) is 5.16. The highest BCUT2D eigenvalue weighted by molar-refractivity contribution is 5.69. The Hall–Kier alpha value is -0.570. The molecule has 0 spiro atoms. The lowest BCUT2D eigenvalue weighted by Gasteiger charge is -2.39. The number of esters is 1. The minimum atomic E-state index is -0.0688. The van der Waals surface area contributed by atoms with E-state index >= 15 is 0 Å². The van der Waals surface area contributed by atoms with E-state index in [4.69, 9.17) is 10.5 Å². The van der Waals surface area contributed by atoms with Crippen LogP contribution in [-0.2, 0) is 9.53 Å². The van der Waals surface area contributed by atoms with Gasteiger partial charge in [-0.15, -0.1) is 0 Å². The van der Waals surface area contributed by atoms with Crippen LogP contribution in [-0.4, -0.2) is 18.6 Å². The monoisotopic (exact) mass is 397 g/mol. The summed E-state index contributed by atoms with van der Waals surface area (Å²) in [5.41, 5.74) is 6.06. The molecule has 0 aromatic carbocycles. The summed E-state index contributed by atoms with van der Waals surface area (Å²) in [6, 6.07) is 0. The molecule has 2 N–H and O–H groups in total. The van der Waals surface area contributed by atoms with Gasteiger partial charge in [-0.05, 0) is 67.7 Å². The number of nitrogens with two attached hydrogens (primary N) is 1. The zero-order valence-electron chi connectivity index (χ0n) is 20.4. The predicted octanol–water partition coefficient (Wildman–Crippen LogP) is 7.12. The number of hydrogen-bond donors (Lipinski definition) is 1. The van der Waals surface area contributed by atoms with Crippen LogP contribution in [0.15, 0.2) is 0 Å². The van der Waals surface area contributed by atoms with E-state index in [2.05, 4.69) is 55.4 Å². The molecule has 3 nitrogen and oxygen atoms in total. The first-order chi connectivity index (χ1) is 13.0. The number of carbonyl (C=O) groups is 1. The molecule has 0 saturated carbocycles. The lowest BCUT2D eigenvalue weighted by molar-refractivity contribution is -0.154. The van der Waals surface area contributed by atoms with Gasteiger partial charge < -0.3 is 10.5 Å². The highest BCUT2D eigenvalue weighted by Gasteiger charge is 2.35. The Morgan fingerprint density at radius 1 is 1.04 bits per heavy atom. The SMILES string of the molecule is CCCC(C)CC(CC)C(CC(C)(C)CC(C)(C)CCC)OC(=O)CCCN. The van der Waals surface area contributed by atoms with E-state index in [1.54, 1.807) is 0 Å². The highest BCUT2D eigenvalue weighted by Crippen LogP contribution is 2.42. The van der Waals surface area contributed by atoms with Gasteiger partial charge in [-0.25, -0.2) is 0 Å². The summed E-state index contributed by atoms with van der Waals surface area (Å²) in [4.78, 5) is 12.4. The van der Waals surface area contributed by atoms with Crippen molar-refractivity contribution in [2.24, 2.45) is 28.4 Å². The summed E-state index contributed by atoms with van der Waals surface area (Å²) in [7, 11) is 0. The Labute approximate surface area is 176 Å². The second kappa shape index (κ2) is 13.6. The average Bonchev–Trinajstić information content (AvgIpc) is 2.56. The molecule has 0 amide bonds. The second-order valence-electron chi connectivity index (χ2n) is 10.7. The smallest absolute Gasteiger partial charge is 0.306 e. The standard InChI is InChI=1S/C25H51NO2/c1-9-13-20(4)17-21(11-3)22(28-23(27)14-12-16-26)18-25(7,8)19-24(5,6)15-10-2/h20-22H,9-19,26H2,1-8H3. The summed E-state index contributed by atoms with van der Waals surface area (Å²) >= 11 is 0. The normalized spacial score (nSPS) is 15.9. The molecule has 168 valence electrons. The number of carbonyl (C=O) groups excluding carboxylic acids is 1. The fraction of sp³-hybridized carbons (Fsp3) is 0.960. The second-order valence-corrected chi connectivity index (χ2v) is 10.7. The van der Waals surface area contributed by atoms with Crippen molar-refractivity contribution in [2.75, 3.05) is 6.54 Å². The average molecular weight is 398 g/mol. The summed E-state index contributed by atoms with van der Waals surface area (Å²) in [6.07, 6.45) is 10.4. The molecule has 0 fully saturated rings. The lowest BCUT2D eigenvalue weighted by atomic mass is 9.69. The van der Waals surface area contributed by atoms with Crippen LogP contribution in [0.1, 0.15) is 120 Å². The van der Waals surface area contributed by atoms with E-state index in [1.807, 2.05) is 0 Å². The number of rotatable bonds is 16. The van der Waals surface area contributed by atoms with Crippen LogP contribution >= 0.6 is 0 Å². The van der Waals surface area contributed by atoms with Gasteiger partial charge in [0.1, 0.15) is 6.10 Å². The fourth-order valence-corrected chi connectivity index (χ4v) is 5.16. The van der Waals surface area contributed by atoms with Crippen molar-refractivity contribution in [1.29, 1.82) is 0 Å². The molecule has 0 aliphatic carbocycles. The zero-order valence-corrected chi connectivity index (χ0v) is 20.4. The number of ether oxygens (including phenoxy) is 1. The van der Waals surface area contributed by atoms with Crippen molar-refractivity contribution < 1.29 is 9.53 Å². The Kier molecular flexibility index (Phi) is 13.3. The van der Waals surface area contributed by atoms with Crippen LogP contribution in [0.2, 0.25) is 0 Å². The molecule has 0 aliphatic rings. The van der Waals surface area contributed by atoms with Gasteiger partial charge in [0.05, 0.1) is 0 Å². The van der Waals surface area contributed by atoms with E-state index in [-0.39, 0.29) is 17.5 Å². The van der Waals surface area contributed by atoms with Crippen LogP contribution in [0.3, 0.4) is 0 Å². The van der Waals surface area contributed by atoms with Gasteiger partial charge in [0.25, 0.3) is 0 Å². The maximum atomic E-state index is 12.4. The van der Waals surface area contributed by atoms with Gasteiger partial charge in [0.2, 0.25) is 0 Å². The molecular weight excluding hydrogens is 346 g/mol. The molecule has 0 bridgehead atoms. The van der Waals surface area contributed by atoms with Crippen LogP contribution in [0.5, 0.6) is 0 Å². The lowest BCUT2D eigenvalue weighted by Crippen LogP contribution is -2.35. The van der Waals surface area contributed by atoms with Gasteiger partial charge in [-0.1, -0.05) is 74.7 Å². The first kappa shape index (κ1) is 27.4. The van der Waals surface area contributed by atoms with E-state index in [0.29, 0.717) is 36.6 Å². The van der Waals surface area contributed by atoms with E-state index < -0.39 is 0 Å². The molecule has 0 aromatic rings. The molecule has 0 aliphatic heterocycles. The molecule has 0 aromatic heterocycles. The molecule has 0 rings (SSSR count). The maximum Gasteiger partial charge on any atom is 0.306 e. The van der Waals surface area contributed by atoms with Crippen LogP contribution in [0, 0.1) is 22.7 Å². The van der Waals surface area contributed by atoms with Crippen molar-refractivity contribution >= 4 is 5.97 Å².